The summed E-state index contributed by atoms with van der Waals surface area (Å²) in [6, 6.07) is 1.29. The molecule has 1 rings (SSSR count). The fourth-order valence-electron chi connectivity index (χ4n) is 2.94. The van der Waals surface area contributed by atoms with Crippen molar-refractivity contribution in [3.8, 4) is 0 Å². The van der Waals surface area contributed by atoms with Crippen LogP contribution < -0.4 is 10.6 Å². The van der Waals surface area contributed by atoms with Crippen LogP contribution in [-0.2, 0) is 0 Å². The maximum Gasteiger partial charge on any atom is 0.0434 e. The minimum absolute atomic E-state index is 0.324. The van der Waals surface area contributed by atoms with Gasteiger partial charge in [-0.15, -0.1) is 0 Å². The lowest BCUT2D eigenvalue weighted by Crippen LogP contribution is -2.41. The molecule has 0 aromatic rings. The van der Waals surface area contributed by atoms with Crippen LogP contribution in [0.4, 0.5) is 0 Å². The van der Waals surface area contributed by atoms with E-state index in [9.17, 15) is 0 Å². The third-order valence-corrected chi connectivity index (χ3v) is 4.04. The highest BCUT2D eigenvalue weighted by molar-refractivity contribution is 4.77. The van der Waals surface area contributed by atoms with Crippen LogP contribution in [-0.4, -0.2) is 36.9 Å². The Morgan fingerprint density at radius 2 is 2.17 bits per heavy atom. The van der Waals surface area contributed by atoms with E-state index in [0.29, 0.717) is 24.6 Å². The van der Waals surface area contributed by atoms with Gasteiger partial charge in [-0.2, -0.15) is 0 Å². The Hall–Kier alpha value is -0.120. The topological polar surface area (TPSA) is 44.3 Å². The van der Waals surface area contributed by atoms with E-state index < -0.39 is 0 Å². The molecule has 3 nitrogen and oxygen atoms in total. The van der Waals surface area contributed by atoms with Gasteiger partial charge in [-0.25, -0.2) is 0 Å². The monoisotopic (exact) mass is 256 g/mol. The Kier molecular flexibility index (Phi) is 8.64. The van der Waals surface area contributed by atoms with Gasteiger partial charge in [0.25, 0.3) is 0 Å². The second kappa shape index (κ2) is 9.76. The lowest BCUT2D eigenvalue weighted by atomic mass is 9.97. The lowest BCUT2D eigenvalue weighted by Gasteiger charge is -2.27. The number of hydrogen-bond acceptors (Lipinski definition) is 3. The van der Waals surface area contributed by atoms with Crippen LogP contribution in [0.1, 0.15) is 58.8 Å². The summed E-state index contributed by atoms with van der Waals surface area (Å²) in [4.78, 5) is 0. The molecule has 1 aliphatic heterocycles. The summed E-state index contributed by atoms with van der Waals surface area (Å²) in [6.45, 7) is 7.09. The maximum atomic E-state index is 9.05. The molecule has 108 valence electrons. The van der Waals surface area contributed by atoms with E-state index in [-0.39, 0.29) is 0 Å². The van der Waals surface area contributed by atoms with Gasteiger partial charge < -0.3 is 15.7 Å². The van der Waals surface area contributed by atoms with Gasteiger partial charge in [-0.1, -0.05) is 19.8 Å². The molecule has 0 aliphatic carbocycles. The molecule has 0 aromatic carbocycles. The van der Waals surface area contributed by atoms with Crippen LogP contribution >= 0.6 is 0 Å². The van der Waals surface area contributed by atoms with Gasteiger partial charge in [0.1, 0.15) is 0 Å². The van der Waals surface area contributed by atoms with Crippen LogP contribution in [0.2, 0.25) is 0 Å². The average Bonchev–Trinajstić information content (AvgIpc) is 2.38. The summed E-state index contributed by atoms with van der Waals surface area (Å²) in [5, 5.41) is 16.3. The van der Waals surface area contributed by atoms with E-state index in [1.165, 1.54) is 45.1 Å². The summed E-state index contributed by atoms with van der Waals surface area (Å²) < 4.78 is 0. The lowest BCUT2D eigenvalue weighted by molar-refractivity contribution is 0.243. The molecule has 3 heteroatoms. The Morgan fingerprint density at radius 3 is 2.78 bits per heavy atom. The minimum atomic E-state index is 0.324. The van der Waals surface area contributed by atoms with E-state index in [0.717, 1.165) is 13.0 Å². The first-order chi connectivity index (χ1) is 8.76. The number of hydrogen-bond donors (Lipinski definition) is 3. The number of aliphatic hydroxyl groups is 1. The van der Waals surface area contributed by atoms with E-state index in [1.54, 1.807) is 0 Å². The summed E-state index contributed by atoms with van der Waals surface area (Å²) in [6.07, 6.45) is 8.67. The predicted molar refractivity (Wildman–Crippen MR) is 77.8 cm³/mol. The van der Waals surface area contributed by atoms with Gasteiger partial charge >= 0.3 is 0 Å². The van der Waals surface area contributed by atoms with Crippen LogP contribution in [0.5, 0.6) is 0 Å². The van der Waals surface area contributed by atoms with Gasteiger partial charge in [-0.05, 0) is 58.0 Å². The molecule has 1 saturated heterocycles. The molecule has 0 spiro atoms. The summed E-state index contributed by atoms with van der Waals surface area (Å²) in [5.74, 6) is 0.641. The van der Waals surface area contributed by atoms with Gasteiger partial charge in [0.15, 0.2) is 0 Å². The van der Waals surface area contributed by atoms with E-state index in [1.807, 2.05) is 0 Å². The molecule has 0 aromatic heterocycles. The summed E-state index contributed by atoms with van der Waals surface area (Å²) in [7, 11) is 0. The van der Waals surface area contributed by atoms with Crippen molar-refractivity contribution in [3.05, 3.63) is 0 Å². The van der Waals surface area contributed by atoms with Crippen molar-refractivity contribution in [1.29, 1.82) is 0 Å². The molecule has 0 saturated carbocycles. The Bertz CT molecular complexity index is 187. The van der Waals surface area contributed by atoms with E-state index in [4.69, 9.17) is 5.11 Å². The average molecular weight is 256 g/mol. The van der Waals surface area contributed by atoms with Crippen molar-refractivity contribution in [2.45, 2.75) is 70.9 Å². The predicted octanol–water partition coefficient (Wildman–Crippen LogP) is 2.30. The Morgan fingerprint density at radius 1 is 1.33 bits per heavy atom. The molecule has 3 N–H and O–H groups in total. The summed E-state index contributed by atoms with van der Waals surface area (Å²) in [5.41, 5.74) is 0. The molecule has 1 fully saturated rings. The zero-order valence-corrected chi connectivity index (χ0v) is 12.3. The van der Waals surface area contributed by atoms with Crippen molar-refractivity contribution in [3.63, 3.8) is 0 Å². The molecule has 0 amide bonds. The second-order valence-electron chi connectivity index (χ2n) is 5.86. The minimum Gasteiger partial charge on any atom is -0.396 e. The van der Waals surface area contributed by atoms with Crippen LogP contribution in [0.25, 0.3) is 0 Å². The van der Waals surface area contributed by atoms with Crippen molar-refractivity contribution in [1.82, 2.24) is 10.6 Å². The van der Waals surface area contributed by atoms with Crippen molar-refractivity contribution >= 4 is 0 Å². The third kappa shape index (κ3) is 6.72. The SMILES string of the molecule is CCCC(CCO)CNC(C)CC1CCCCN1. The van der Waals surface area contributed by atoms with Gasteiger partial charge in [0.2, 0.25) is 0 Å². The molecule has 0 radical (unpaired) electrons. The van der Waals surface area contributed by atoms with Crippen LogP contribution in [0.3, 0.4) is 0 Å². The van der Waals surface area contributed by atoms with Gasteiger partial charge in [0.05, 0.1) is 0 Å². The zero-order valence-electron chi connectivity index (χ0n) is 12.3. The summed E-state index contributed by atoms with van der Waals surface area (Å²) >= 11 is 0. The molecule has 3 atom stereocenters. The highest BCUT2D eigenvalue weighted by Gasteiger charge is 2.16. The van der Waals surface area contributed by atoms with Crippen LogP contribution in [0, 0.1) is 5.92 Å². The molecule has 1 aliphatic rings. The molecular weight excluding hydrogens is 224 g/mol. The molecule has 1 heterocycles. The molecular formula is C15H32N2O. The highest BCUT2D eigenvalue weighted by atomic mass is 16.3. The quantitative estimate of drug-likeness (QED) is 0.593. The van der Waals surface area contributed by atoms with Gasteiger partial charge in [0, 0.05) is 18.7 Å². The van der Waals surface area contributed by atoms with E-state index in [2.05, 4.69) is 24.5 Å². The maximum absolute atomic E-state index is 9.05. The van der Waals surface area contributed by atoms with Crippen LogP contribution in [0.15, 0.2) is 0 Å². The zero-order chi connectivity index (χ0) is 13.2. The normalized spacial score (nSPS) is 23.8. The third-order valence-electron chi connectivity index (χ3n) is 4.04. The first-order valence-electron chi connectivity index (χ1n) is 7.83. The van der Waals surface area contributed by atoms with Crippen molar-refractivity contribution < 1.29 is 5.11 Å². The first-order valence-corrected chi connectivity index (χ1v) is 7.83. The molecule has 18 heavy (non-hydrogen) atoms. The molecule has 0 bridgehead atoms. The standard InChI is InChI=1S/C15H32N2O/c1-3-6-14(8-10-18)12-17-13(2)11-15-7-4-5-9-16-15/h13-18H,3-12H2,1-2H3. The highest BCUT2D eigenvalue weighted by Crippen LogP contribution is 2.13. The second-order valence-corrected chi connectivity index (χ2v) is 5.86. The van der Waals surface area contributed by atoms with Crippen molar-refractivity contribution in [2.24, 2.45) is 5.92 Å². The fraction of sp³-hybridized carbons (Fsp3) is 1.00. The number of nitrogens with one attached hydrogen (secondary N) is 2. The van der Waals surface area contributed by atoms with Crippen molar-refractivity contribution in [2.75, 3.05) is 19.7 Å². The number of aliphatic hydroxyl groups excluding tert-OH is 1. The van der Waals surface area contributed by atoms with E-state index >= 15 is 0 Å². The first kappa shape index (κ1) is 15.9. The number of piperidine rings is 1. The van der Waals surface area contributed by atoms with Gasteiger partial charge in [-0.3, -0.25) is 0 Å². The smallest absolute Gasteiger partial charge is 0.0434 e. The Labute approximate surface area is 113 Å². The molecule has 3 unspecified atom stereocenters. The largest absolute Gasteiger partial charge is 0.396 e. The fourth-order valence-corrected chi connectivity index (χ4v) is 2.94. The Balaban J connectivity index is 2.15. The number of rotatable bonds is 9.